The predicted octanol–water partition coefficient (Wildman–Crippen LogP) is 3.33. The molecule has 2 unspecified atom stereocenters. The van der Waals surface area contributed by atoms with Crippen LogP contribution in [0.2, 0.25) is 5.02 Å². The van der Waals surface area contributed by atoms with Crippen LogP contribution >= 0.6 is 11.6 Å². The van der Waals surface area contributed by atoms with Gasteiger partial charge >= 0.3 is 5.97 Å². The van der Waals surface area contributed by atoms with Gasteiger partial charge in [-0.15, -0.1) is 0 Å². The van der Waals surface area contributed by atoms with E-state index >= 15 is 0 Å². The highest BCUT2D eigenvalue weighted by molar-refractivity contribution is 6.30. The average Bonchev–Trinajstić information content (AvgIpc) is 2.35. The molecule has 0 bridgehead atoms. The van der Waals surface area contributed by atoms with Gasteiger partial charge in [-0.25, -0.2) is 4.79 Å². The van der Waals surface area contributed by atoms with Gasteiger partial charge in [-0.3, -0.25) is 5.32 Å². The van der Waals surface area contributed by atoms with Crippen molar-refractivity contribution in [3.05, 3.63) is 34.9 Å². The van der Waals surface area contributed by atoms with Gasteiger partial charge in [0.15, 0.2) is 0 Å². The molecule has 0 aliphatic rings. The maximum Gasteiger partial charge on any atom is 0.327 e. The molecule has 0 amide bonds. The summed E-state index contributed by atoms with van der Waals surface area (Å²) in [6.45, 7) is 6.28. The summed E-state index contributed by atoms with van der Waals surface area (Å²) in [6, 6.07) is 7.07. The Morgan fingerprint density at radius 2 is 2.17 bits per heavy atom. The van der Waals surface area contributed by atoms with E-state index in [0.29, 0.717) is 11.6 Å². The second kappa shape index (κ2) is 7.39. The van der Waals surface area contributed by atoms with E-state index in [-0.39, 0.29) is 12.0 Å². The van der Waals surface area contributed by atoms with Crippen LogP contribution in [0.1, 0.15) is 38.8 Å². The Kier molecular flexibility index (Phi) is 6.16. The van der Waals surface area contributed by atoms with Gasteiger partial charge in [0.05, 0.1) is 6.61 Å². The first-order chi connectivity index (χ1) is 8.58. The molecule has 100 valence electrons. The van der Waals surface area contributed by atoms with Crippen molar-refractivity contribution in [2.45, 2.75) is 39.3 Å². The molecule has 0 saturated heterocycles. The molecule has 0 spiro atoms. The molecule has 0 fully saturated rings. The number of carbonyl (C=O) groups is 1. The molecule has 2 atom stereocenters. The minimum Gasteiger partial charge on any atom is -0.465 e. The van der Waals surface area contributed by atoms with Gasteiger partial charge in [0.25, 0.3) is 0 Å². The maximum absolute atomic E-state index is 12.0. The number of hydrogen-bond acceptors (Lipinski definition) is 3. The molecular formula is C14H20ClNO2. The van der Waals surface area contributed by atoms with Crippen LogP contribution in [0.3, 0.4) is 0 Å². The number of halogens is 1. The highest BCUT2D eigenvalue weighted by atomic mass is 35.5. The molecule has 0 saturated carbocycles. The number of carbonyl (C=O) groups excluding carboxylic acids is 1. The summed E-state index contributed by atoms with van der Waals surface area (Å²) in [5.41, 5.74) is 0.834. The van der Waals surface area contributed by atoms with E-state index in [2.05, 4.69) is 12.2 Å². The summed E-state index contributed by atoms with van der Waals surface area (Å²) >= 11 is 5.96. The number of benzene rings is 1. The van der Waals surface area contributed by atoms with E-state index in [4.69, 9.17) is 16.3 Å². The number of esters is 1. The Balaban J connectivity index is 2.92. The smallest absolute Gasteiger partial charge is 0.327 e. The summed E-state index contributed by atoms with van der Waals surface area (Å²) in [6.07, 6.45) is 0.941. The van der Waals surface area contributed by atoms with Gasteiger partial charge in [-0.05, 0) is 38.0 Å². The first-order valence-corrected chi connectivity index (χ1v) is 6.64. The highest BCUT2D eigenvalue weighted by Gasteiger charge is 2.23. The Labute approximate surface area is 113 Å². The van der Waals surface area contributed by atoms with Crippen molar-refractivity contribution >= 4 is 17.6 Å². The third-order valence-corrected chi connectivity index (χ3v) is 3.00. The van der Waals surface area contributed by atoms with E-state index in [1.54, 1.807) is 19.1 Å². The van der Waals surface area contributed by atoms with Crippen LogP contribution in [0.4, 0.5) is 0 Å². The monoisotopic (exact) mass is 269 g/mol. The van der Waals surface area contributed by atoms with Crippen LogP contribution in [0.5, 0.6) is 0 Å². The molecule has 0 radical (unpaired) electrons. The first-order valence-electron chi connectivity index (χ1n) is 6.26. The van der Waals surface area contributed by atoms with Crippen molar-refractivity contribution in [2.24, 2.45) is 0 Å². The van der Waals surface area contributed by atoms with Gasteiger partial charge in [-0.1, -0.05) is 30.7 Å². The number of nitrogens with one attached hydrogen (secondary N) is 1. The molecule has 3 nitrogen and oxygen atoms in total. The van der Waals surface area contributed by atoms with Gasteiger partial charge < -0.3 is 4.74 Å². The van der Waals surface area contributed by atoms with E-state index in [1.165, 1.54) is 0 Å². The van der Waals surface area contributed by atoms with Gasteiger partial charge in [-0.2, -0.15) is 0 Å². The predicted molar refractivity (Wildman–Crippen MR) is 73.7 cm³/mol. The Morgan fingerprint density at radius 3 is 2.72 bits per heavy atom. The molecule has 1 aromatic rings. The van der Waals surface area contributed by atoms with Crippen LogP contribution in [-0.2, 0) is 9.53 Å². The second-order valence-corrected chi connectivity index (χ2v) is 4.65. The lowest BCUT2D eigenvalue weighted by molar-refractivity contribution is -0.146. The van der Waals surface area contributed by atoms with E-state index < -0.39 is 6.04 Å². The average molecular weight is 270 g/mol. The van der Waals surface area contributed by atoms with Crippen molar-refractivity contribution < 1.29 is 9.53 Å². The normalized spacial score (nSPS) is 14.0. The standard InChI is InChI=1S/C14H20ClNO2/c1-4-10(3)16-13(14(17)18-5-2)11-7-6-8-12(15)9-11/h6-10,13,16H,4-5H2,1-3H3. The number of rotatable bonds is 6. The van der Waals surface area contributed by atoms with Crippen LogP contribution in [0.25, 0.3) is 0 Å². The molecule has 0 heterocycles. The zero-order valence-electron chi connectivity index (χ0n) is 11.1. The van der Waals surface area contributed by atoms with E-state index in [1.807, 2.05) is 19.1 Å². The highest BCUT2D eigenvalue weighted by Crippen LogP contribution is 2.20. The van der Waals surface area contributed by atoms with Crippen LogP contribution in [0.15, 0.2) is 24.3 Å². The lowest BCUT2D eigenvalue weighted by Gasteiger charge is -2.21. The summed E-state index contributed by atoms with van der Waals surface area (Å²) < 4.78 is 5.10. The quantitative estimate of drug-likeness (QED) is 0.805. The van der Waals surface area contributed by atoms with E-state index in [9.17, 15) is 4.79 Å². The zero-order chi connectivity index (χ0) is 13.5. The van der Waals surface area contributed by atoms with Crippen LogP contribution in [0, 0.1) is 0 Å². The molecule has 0 aliphatic carbocycles. The lowest BCUT2D eigenvalue weighted by atomic mass is 10.1. The SMILES string of the molecule is CCOC(=O)C(NC(C)CC)c1cccc(Cl)c1. The zero-order valence-corrected chi connectivity index (χ0v) is 11.8. The van der Waals surface area contributed by atoms with Crippen molar-refractivity contribution in [2.75, 3.05) is 6.61 Å². The number of hydrogen-bond donors (Lipinski definition) is 1. The second-order valence-electron chi connectivity index (χ2n) is 4.22. The molecule has 0 aliphatic heterocycles. The first kappa shape index (κ1) is 15.0. The van der Waals surface area contributed by atoms with Crippen LogP contribution in [-0.4, -0.2) is 18.6 Å². The molecule has 4 heteroatoms. The molecule has 1 rings (SSSR count). The van der Waals surface area contributed by atoms with Crippen LogP contribution < -0.4 is 5.32 Å². The van der Waals surface area contributed by atoms with Gasteiger partial charge in [0.1, 0.15) is 6.04 Å². The molecule has 0 aromatic heterocycles. The number of ether oxygens (including phenoxy) is 1. The lowest BCUT2D eigenvalue weighted by Crippen LogP contribution is -2.36. The Hall–Kier alpha value is -1.06. The van der Waals surface area contributed by atoms with E-state index in [0.717, 1.165) is 12.0 Å². The summed E-state index contributed by atoms with van der Waals surface area (Å²) in [5.74, 6) is -0.264. The molecular weight excluding hydrogens is 250 g/mol. The van der Waals surface area contributed by atoms with Crippen molar-refractivity contribution in [1.82, 2.24) is 5.32 Å². The fraction of sp³-hybridized carbons (Fsp3) is 0.500. The topological polar surface area (TPSA) is 38.3 Å². The van der Waals surface area contributed by atoms with Crippen molar-refractivity contribution in [3.63, 3.8) is 0 Å². The molecule has 1 aromatic carbocycles. The van der Waals surface area contributed by atoms with Gasteiger partial charge in [0, 0.05) is 11.1 Å². The van der Waals surface area contributed by atoms with Crippen molar-refractivity contribution in [3.8, 4) is 0 Å². The molecule has 1 N–H and O–H groups in total. The van der Waals surface area contributed by atoms with Crippen molar-refractivity contribution in [1.29, 1.82) is 0 Å². The molecule has 18 heavy (non-hydrogen) atoms. The fourth-order valence-electron chi connectivity index (χ4n) is 1.61. The summed E-state index contributed by atoms with van der Waals surface area (Å²) in [7, 11) is 0. The third-order valence-electron chi connectivity index (χ3n) is 2.77. The summed E-state index contributed by atoms with van der Waals surface area (Å²) in [5, 5.41) is 3.88. The minimum absolute atomic E-state index is 0.235. The largest absolute Gasteiger partial charge is 0.465 e. The maximum atomic E-state index is 12.0. The third kappa shape index (κ3) is 4.31. The fourth-order valence-corrected chi connectivity index (χ4v) is 1.81. The van der Waals surface area contributed by atoms with Gasteiger partial charge in [0.2, 0.25) is 0 Å². The Bertz CT molecular complexity index is 395. The minimum atomic E-state index is -0.460. The summed E-state index contributed by atoms with van der Waals surface area (Å²) in [4.78, 5) is 12.0. The Morgan fingerprint density at radius 1 is 1.44 bits per heavy atom.